The molecule has 0 atom stereocenters. The molecule has 3 N–H and O–H groups in total. The Morgan fingerprint density at radius 3 is 2.61 bits per heavy atom. The number of amides is 1. The van der Waals surface area contributed by atoms with Gasteiger partial charge >= 0.3 is 0 Å². The summed E-state index contributed by atoms with van der Waals surface area (Å²) in [5.41, 5.74) is -0.561. The average molecular weight is 507 g/mol. The number of guanidine groups is 1. The summed E-state index contributed by atoms with van der Waals surface area (Å²) in [5, 5.41) is 9.40. The van der Waals surface area contributed by atoms with Gasteiger partial charge in [0.2, 0.25) is 5.91 Å². The van der Waals surface area contributed by atoms with Gasteiger partial charge in [0, 0.05) is 46.2 Å². The van der Waals surface area contributed by atoms with Crippen molar-refractivity contribution in [3.05, 3.63) is 24.2 Å². The summed E-state index contributed by atoms with van der Waals surface area (Å²) in [6.07, 6.45) is 2.45. The molecule has 2 heterocycles. The largest absolute Gasteiger partial charge is 0.469 e. The van der Waals surface area contributed by atoms with E-state index in [0.717, 1.165) is 51.6 Å². The number of aliphatic imine (C=N–C) groups is 1. The van der Waals surface area contributed by atoms with Crippen LogP contribution in [0.15, 0.2) is 27.8 Å². The second-order valence-electron chi connectivity index (χ2n) is 7.26. The van der Waals surface area contributed by atoms with E-state index < -0.39 is 5.41 Å². The van der Waals surface area contributed by atoms with Crippen LogP contribution in [-0.4, -0.2) is 76.3 Å². The van der Waals surface area contributed by atoms with Crippen molar-refractivity contribution in [3.8, 4) is 0 Å². The predicted molar refractivity (Wildman–Crippen MR) is 121 cm³/mol. The molecule has 0 aromatic carbocycles. The predicted octanol–water partition coefficient (Wildman–Crippen LogP) is 1.08. The molecule has 0 saturated carbocycles. The number of rotatable bonds is 9. The second kappa shape index (κ2) is 13.0. The lowest BCUT2D eigenvalue weighted by atomic mass is 9.93. The molecule has 8 nitrogen and oxygen atoms in total. The molecule has 1 aromatic heterocycles. The van der Waals surface area contributed by atoms with E-state index in [0.29, 0.717) is 19.0 Å². The number of hydrogen-bond acceptors (Lipinski definition) is 5. The Balaban J connectivity index is 0.00000392. The summed E-state index contributed by atoms with van der Waals surface area (Å²) in [4.78, 5) is 19.0. The summed E-state index contributed by atoms with van der Waals surface area (Å²) in [6, 6.07) is 3.84. The van der Waals surface area contributed by atoms with E-state index in [1.807, 2.05) is 26.0 Å². The van der Waals surface area contributed by atoms with Gasteiger partial charge in [-0.15, -0.1) is 24.0 Å². The molecule has 0 unspecified atom stereocenters. The fourth-order valence-electron chi connectivity index (χ4n) is 2.78. The zero-order chi connectivity index (χ0) is 19.5. The lowest BCUT2D eigenvalue weighted by molar-refractivity contribution is -0.128. The Labute approximate surface area is 184 Å². The smallest absolute Gasteiger partial charge is 0.227 e. The third-order valence-electron chi connectivity index (χ3n) is 4.54. The molecule has 0 bridgehead atoms. The van der Waals surface area contributed by atoms with Crippen molar-refractivity contribution >= 4 is 35.8 Å². The average Bonchev–Trinajstić information content (AvgIpc) is 3.19. The molecule has 160 valence electrons. The van der Waals surface area contributed by atoms with Gasteiger partial charge in [-0.05, 0) is 26.0 Å². The van der Waals surface area contributed by atoms with Crippen molar-refractivity contribution in [2.24, 2.45) is 10.4 Å². The van der Waals surface area contributed by atoms with Crippen LogP contribution in [0.5, 0.6) is 0 Å². The van der Waals surface area contributed by atoms with E-state index >= 15 is 0 Å². The van der Waals surface area contributed by atoms with Gasteiger partial charge in [0.25, 0.3) is 0 Å². The van der Waals surface area contributed by atoms with Crippen LogP contribution in [-0.2, 0) is 16.0 Å². The molecule has 1 saturated heterocycles. The van der Waals surface area contributed by atoms with Crippen LogP contribution in [0.1, 0.15) is 19.6 Å². The second-order valence-corrected chi connectivity index (χ2v) is 7.26. The van der Waals surface area contributed by atoms with Gasteiger partial charge in [-0.3, -0.25) is 14.7 Å². The van der Waals surface area contributed by atoms with Crippen LogP contribution in [0, 0.1) is 5.41 Å². The number of carbonyl (C=O) groups is 1. The number of carbonyl (C=O) groups excluding carboxylic acids is 1. The van der Waals surface area contributed by atoms with Gasteiger partial charge in [0.1, 0.15) is 5.76 Å². The number of furan rings is 1. The van der Waals surface area contributed by atoms with Crippen LogP contribution in [0.2, 0.25) is 0 Å². The summed E-state index contributed by atoms with van der Waals surface area (Å²) in [5.74, 6) is 1.63. The molecule has 1 fully saturated rings. The van der Waals surface area contributed by atoms with Gasteiger partial charge < -0.3 is 25.1 Å². The fraction of sp³-hybridized carbons (Fsp3) is 0.684. The van der Waals surface area contributed by atoms with Gasteiger partial charge in [0.15, 0.2) is 5.96 Å². The van der Waals surface area contributed by atoms with E-state index in [2.05, 4.69) is 25.8 Å². The molecule has 2 rings (SSSR count). The van der Waals surface area contributed by atoms with E-state index in [-0.39, 0.29) is 29.9 Å². The molecular weight excluding hydrogens is 473 g/mol. The summed E-state index contributed by atoms with van der Waals surface area (Å²) >= 11 is 0. The van der Waals surface area contributed by atoms with Crippen molar-refractivity contribution in [1.82, 2.24) is 20.9 Å². The summed E-state index contributed by atoms with van der Waals surface area (Å²) in [6.45, 7) is 10.1. The first kappa shape index (κ1) is 24.7. The SMILES string of the molecule is CNC(=O)C(C)(C)CN=C(NCCc1ccco1)NCCN1CCOCC1.I. The summed E-state index contributed by atoms with van der Waals surface area (Å²) in [7, 11) is 1.65. The number of nitrogens with one attached hydrogen (secondary N) is 3. The number of ether oxygens (including phenoxy) is 1. The monoisotopic (exact) mass is 507 g/mol. The van der Waals surface area contributed by atoms with E-state index in [1.165, 1.54) is 0 Å². The molecule has 1 amide bonds. The lowest BCUT2D eigenvalue weighted by Gasteiger charge is -2.27. The van der Waals surface area contributed by atoms with Crippen LogP contribution < -0.4 is 16.0 Å². The van der Waals surface area contributed by atoms with Gasteiger partial charge in [-0.1, -0.05) is 0 Å². The highest BCUT2D eigenvalue weighted by Gasteiger charge is 2.26. The van der Waals surface area contributed by atoms with Crippen LogP contribution in [0.4, 0.5) is 0 Å². The standard InChI is InChI=1S/C19H33N5O3.HI/c1-19(2,17(25)20-3)15-23-18(21-7-6-16-5-4-12-27-16)22-8-9-24-10-13-26-14-11-24;/h4-5,12H,6-11,13-15H2,1-3H3,(H,20,25)(H2,21,22,23);1H. The molecule has 0 spiro atoms. The van der Waals surface area contributed by atoms with Crippen LogP contribution >= 0.6 is 24.0 Å². The van der Waals surface area contributed by atoms with Crippen molar-refractivity contribution in [2.45, 2.75) is 20.3 Å². The van der Waals surface area contributed by atoms with Crippen molar-refractivity contribution in [2.75, 3.05) is 59.5 Å². The first-order valence-corrected chi connectivity index (χ1v) is 9.58. The third-order valence-corrected chi connectivity index (χ3v) is 4.54. The Hall–Kier alpha value is -1.33. The van der Waals surface area contributed by atoms with Gasteiger partial charge in [-0.2, -0.15) is 0 Å². The van der Waals surface area contributed by atoms with E-state index in [4.69, 9.17) is 9.15 Å². The molecule has 0 radical (unpaired) electrons. The minimum Gasteiger partial charge on any atom is -0.469 e. The molecule has 1 aliphatic heterocycles. The summed E-state index contributed by atoms with van der Waals surface area (Å²) < 4.78 is 10.7. The van der Waals surface area contributed by atoms with Crippen molar-refractivity contribution < 1.29 is 13.9 Å². The van der Waals surface area contributed by atoms with Crippen molar-refractivity contribution in [1.29, 1.82) is 0 Å². The van der Waals surface area contributed by atoms with Gasteiger partial charge in [0.05, 0.1) is 31.4 Å². The Morgan fingerprint density at radius 2 is 1.96 bits per heavy atom. The minimum absolute atomic E-state index is 0. The first-order valence-electron chi connectivity index (χ1n) is 9.58. The molecule has 0 aliphatic carbocycles. The van der Waals surface area contributed by atoms with Gasteiger partial charge in [-0.25, -0.2) is 0 Å². The Bertz CT molecular complexity index is 586. The Morgan fingerprint density at radius 1 is 1.25 bits per heavy atom. The molecule has 9 heteroatoms. The molecular formula is C19H34IN5O3. The quantitative estimate of drug-likeness (QED) is 0.263. The number of halogens is 1. The maximum Gasteiger partial charge on any atom is 0.227 e. The number of morpholine rings is 1. The zero-order valence-corrected chi connectivity index (χ0v) is 19.5. The highest BCUT2D eigenvalue weighted by molar-refractivity contribution is 14.0. The van der Waals surface area contributed by atoms with Crippen LogP contribution in [0.25, 0.3) is 0 Å². The minimum atomic E-state index is -0.561. The third kappa shape index (κ3) is 8.78. The number of hydrogen-bond donors (Lipinski definition) is 3. The molecule has 1 aromatic rings. The highest BCUT2D eigenvalue weighted by atomic mass is 127. The Kier molecular flexibility index (Phi) is 11.5. The van der Waals surface area contributed by atoms with Crippen LogP contribution in [0.3, 0.4) is 0 Å². The van der Waals surface area contributed by atoms with E-state index in [9.17, 15) is 4.79 Å². The fourth-order valence-corrected chi connectivity index (χ4v) is 2.78. The molecule has 1 aliphatic rings. The van der Waals surface area contributed by atoms with E-state index in [1.54, 1.807) is 13.3 Å². The highest BCUT2D eigenvalue weighted by Crippen LogP contribution is 2.15. The molecule has 28 heavy (non-hydrogen) atoms. The maximum atomic E-state index is 12.0. The normalized spacial score (nSPS) is 15.6. The number of nitrogens with zero attached hydrogens (tertiary/aromatic N) is 2. The maximum absolute atomic E-state index is 12.0. The topological polar surface area (TPSA) is 91.1 Å². The van der Waals surface area contributed by atoms with Crippen molar-refractivity contribution in [3.63, 3.8) is 0 Å². The first-order chi connectivity index (χ1) is 13.0. The zero-order valence-electron chi connectivity index (χ0n) is 17.1. The lowest BCUT2D eigenvalue weighted by Crippen LogP contribution is -2.45.